The molecule has 2 N–H and O–H groups in total. The van der Waals surface area contributed by atoms with Gasteiger partial charge in [0.25, 0.3) is 0 Å². The van der Waals surface area contributed by atoms with Gasteiger partial charge in [-0.3, -0.25) is 4.79 Å². The second-order valence-electron chi connectivity index (χ2n) is 4.31. The Hall–Kier alpha value is -1.81. The van der Waals surface area contributed by atoms with E-state index in [4.69, 9.17) is 0 Å². The van der Waals surface area contributed by atoms with Crippen LogP contribution in [0, 0.1) is 0 Å². The number of aromatic hydroxyl groups is 1. The van der Waals surface area contributed by atoms with Gasteiger partial charge in [0.1, 0.15) is 5.75 Å². The number of aliphatic hydroxyl groups is 1. The van der Waals surface area contributed by atoms with Crippen LogP contribution >= 0.6 is 0 Å². The van der Waals surface area contributed by atoms with Crippen molar-refractivity contribution >= 4 is 10.9 Å². The molecule has 0 saturated heterocycles. The molecule has 0 aliphatic rings. The molecule has 1 aromatic heterocycles. The van der Waals surface area contributed by atoms with E-state index in [0.717, 1.165) is 11.2 Å². The number of aromatic nitrogens is 1. The highest BCUT2D eigenvalue weighted by Gasteiger charge is 2.08. The number of rotatable bonds is 2. The largest absolute Gasteiger partial charge is 0.508 e. The molecular formula is C13H15NO3. The average molecular weight is 233 g/mol. The molecule has 0 unspecified atom stereocenters. The number of aryl methyl sites for hydroxylation is 1. The summed E-state index contributed by atoms with van der Waals surface area (Å²) < 4.78 is 1.86. The van der Waals surface area contributed by atoms with Crippen LogP contribution in [0.25, 0.3) is 10.9 Å². The molecule has 0 fully saturated rings. The van der Waals surface area contributed by atoms with E-state index in [1.807, 2.05) is 11.6 Å². The van der Waals surface area contributed by atoms with Crippen molar-refractivity contribution in [2.45, 2.75) is 19.4 Å². The molecule has 0 radical (unpaired) electrons. The maximum absolute atomic E-state index is 11.9. The highest BCUT2D eigenvalue weighted by atomic mass is 16.3. The summed E-state index contributed by atoms with van der Waals surface area (Å²) in [5.74, 6) is 0.0814. The van der Waals surface area contributed by atoms with E-state index in [2.05, 4.69) is 0 Å². The number of hydrogen-bond acceptors (Lipinski definition) is 3. The molecule has 0 saturated carbocycles. The number of nitrogens with zero attached hydrogens (tertiary/aromatic N) is 1. The topological polar surface area (TPSA) is 62.5 Å². The molecule has 0 amide bonds. The van der Waals surface area contributed by atoms with Crippen LogP contribution in [0.4, 0.5) is 0 Å². The minimum atomic E-state index is -0.491. The van der Waals surface area contributed by atoms with E-state index in [-0.39, 0.29) is 11.2 Å². The number of fused-ring (bicyclic) bond motifs is 1. The summed E-state index contributed by atoms with van der Waals surface area (Å²) in [5, 5.41) is 19.2. The van der Waals surface area contributed by atoms with Crippen LogP contribution in [-0.2, 0) is 13.5 Å². The molecule has 17 heavy (non-hydrogen) atoms. The summed E-state index contributed by atoms with van der Waals surface area (Å²) in [6, 6.07) is 6.23. The first-order chi connectivity index (χ1) is 7.99. The Morgan fingerprint density at radius 3 is 2.71 bits per heavy atom. The minimum Gasteiger partial charge on any atom is -0.508 e. The number of phenols is 1. The average Bonchev–Trinajstić information content (AvgIpc) is 2.25. The van der Waals surface area contributed by atoms with Crippen LogP contribution in [0.15, 0.2) is 29.1 Å². The van der Waals surface area contributed by atoms with Gasteiger partial charge in [-0.2, -0.15) is 0 Å². The smallest absolute Gasteiger partial charge is 0.189 e. The molecule has 0 spiro atoms. The van der Waals surface area contributed by atoms with E-state index < -0.39 is 6.10 Å². The van der Waals surface area contributed by atoms with Crippen LogP contribution in [-0.4, -0.2) is 20.9 Å². The fourth-order valence-electron chi connectivity index (χ4n) is 1.99. The van der Waals surface area contributed by atoms with Crippen molar-refractivity contribution in [1.82, 2.24) is 4.57 Å². The second-order valence-corrected chi connectivity index (χ2v) is 4.31. The molecule has 90 valence electrons. The third kappa shape index (κ3) is 2.17. The molecule has 4 nitrogen and oxygen atoms in total. The van der Waals surface area contributed by atoms with Crippen LogP contribution in [0.2, 0.25) is 0 Å². The molecule has 2 aromatic rings. The lowest BCUT2D eigenvalue weighted by molar-refractivity contribution is 0.193. The maximum Gasteiger partial charge on any atom is 0.189 e. The van der Waals surface area contributed by atoms with E-state index in [9.17, 15) is 15.0 Å². The highest BCUT2D eigenvalue weighted by molar-refractivity contribution is 5.80. The van der Waals surface area contributed by atoms with Crippen molar-refractivity contribution < 1.29 is 10.2 Å². The predicted octanol–water partition coefficient (Wildman–Crippen LogP) is 1.17. The molecular weight excluding hydrogens is 218 g/mol. The number of aliphatic hydroxyl groups excluding tert-OH is 1. The van der Waals surface area contributed by atoms with Gasteiger partial charge in [-0.1, -0.05) is 0 Å². The zero-order valence-corrected chi connectivity index (χ0v) is 9.84. The maximum atomic E-state index is 11.9. The number of hydrogen-bond donors (Lipinski definition) is 2. The summed E-state index contributed by atoms with van der Waals surface area (Å²) in [6.45, 7) is 1.69. The summed E-state index contributed by atoms with van der Waals surface area (Å²) in [4.78, 5) is 11.9. The van der Waals surface area contributed by atoms with E-state index in [0.29, 0.717) is 11.8 Å². The number of phenolic OH excluding ortho intramolecular Hbond substituents is 1. The molecule has 1 aromatic carbocycles. The Balaban J connectivity index is 2.72. The van der Waals surface area contributed by atoms with Gasteiger partial charge in [-0.05, 0) is 25.1 Å². The van der Waals surface area contributed by atoms with Gasteiger partial charge in [-0.15, -0.1) is 0 Å². The van der Waals surface area contributed by atoms with Crippen LogP contribution < -0.4 is 5.43 Å². The van der Waals surface area contributed by atoms with Gasteiger partial charge < -0.3 is 14.8 Å². The lowest BCUT2D eigenvalue weighted by Gasteiger charge is -2.13. The van der Waals surface area contributed by atoms with Gasteiger partial charge in [-0.25, -0.2) is 0 Å². The van der Waals surface area contributed by atoms with Crippen LogP contribution in [0.1, 0.15) is 12.6 Å². The quantitative estimate of drug-likeness (QED) is 0.818. The van der Waals surface area contributed by atoms with Gasteiger partial charge >= 0.3 is 0 Å². The van der Waals surface area contributed by atoms with Crippen molar-refractivity contribution in [3.05, 3.63) is 40.2 Å². The lowest BCUT2D eigenvalue weighted by Crippen LogP contribution is -2.16. The lowest BCUT2D eigenvalue weighted by atomic mass is 10.1. The second kappa shape index (κ2) is 4.22. The Bertz CT molecular complexity index is 614. The first-order valence-corrected chi connectivity index (χ1v) is 5.48. The molecule has 1 atom stereocenters. The zero-order chi connectivity index (χ0) is 12.6. The van der Waals surface area contributed by atoms with Crippen molar-refractivity contribution in [2.75, 3.05) is 0 Å². The van der Waals surface area contributed by atoms with E-state index >= 15 is 0 Å². The Kier molecular flexibility index (Phi) is 2.90. The predicted molar refractivity (Wildman–Crippen MR) is 66.2 cm³/mol. The summed E-state index contributed by atoms with van der Waals surface area (Å²) in [5.41, 5.74) is 1.40. The van der Waals surface area contributed by atoms with Gasteiger partial charge in [0.05, 0.1) is 11.6 Å². The summed E-state index contributed by atoms with van der Waals surface area (Å²) in [7, 11) is 1.84. The highest BCUT2D eigenvalue weighted by Crippen LogP contribution is 2.18. The Morgan fingerprint density at radius 2 is 2.06 bits per heavy atom. The molecule has 0 aliphatic heterocycles. The summed E-state index contributed by atoms with van der Waals surface area (Å²) in [6.07, 6.45) is -0.0575. The minimum absolute atomic E-state index is 0.0814. The molecule has 0 bridgehead atoms. The van der Waals surface area contributed by atoms with E-state index in [1.165, 1.54) is 12.1 Å². The summed E-state index contributed by atoms with van der Waals surface area (Å²) >= 11 is 0. The third-order valence-electron chi connectivity index (χ3n) is 2.84. The molecule has 4 heteroatoms. The first kappa shape index (κ1) is 11.7. The Morgan fingerprint density at radius 1 is 1.35 bits per heavy atom. The fourth-order valence-corrected chi connectivity index (χ4v) is 1.99. The standard InChI is InChI=1S/C13H15NO3/c1-8(15)5-9-6-13(17)11-7-10(16)3-4-12(11)14(9)2/h3-4,6-8,15-16H,5H2,1-2H3/t8-/m1/s1. The van der Waals surface area contributed by atoms with E-state index in [1.54, 1.807) is 19.1 Å². The molecule has 2 rings (SSSR count). The van der Waals surface area contributed by atoms with Crippen molar-refractivity contribution in [3.8, 4) is 5.75 Å². The normalized spacial score (nSPS) is 12.9. The van der Waals surface area contributed by atoms with Crippen molar-refractivity contribution in [1.29, 1.82) is 0 Å². The molecule has 0 aliphatic carbocycles. The van der Waals surface area contributed by atoms with Gasteiger partial charge in [0.2, 0.25) is 0 Å². The SMILES string of the molecule is C[C@@H](O)Cc1cc(=O)c2cc(O)ccc2n1C. The first-order valence-electron chi connectivity index (χ1n) is 5.48. The number of pyridine rings is 1. The van der Waals surface area contributed by atoms with Gasteiger partial charge in [0.15, 0.2) is 5.43 Å². The van der Waals surface area contributed by atoms with Crippen molar-refractivity contribution in [3.63, 3.8) is 0 Å². The van der Waals surface area contributed by atoms with Crippen LogP contribution in [0.5, 0.6) is 5.75 Å². The molecule has 1 heterocycles. The zero-order valence-electron chi connectivity index (χ0n) is 9.84. The van der Waals surface area contributed by atoms with Gasteiger partial charge in [0, 0.05) is 30.6 Å². The number of benzene rings is 1. The monoisotopic (exact) mass is 233 g/mol. The van der Waals surface area contributed by atoms with Crippen molar-refractivity contribution in [2.24, 2.45) is 7.05 Å². The van der Waals surface area contributed by atoms with Crippen LogP contribution in [0.3, 0.4) is 0 Å². The fraction of sp³-hybridized carbons (Fsp3) is 0.308. The third-order valence-corrected chi connectivity index (χ3v) is 2.84. The Labute approximate surface area is 98.8 Å².